The van der Waals surface area contributed by atoms with Crippen LogP contribution in [0.15, 0.2) is 24.3 Å². The lowest BCUT2D eigenvalue weighted by Gasteiger charge is -2.18. The largest absolute Gasteiger partial charge is 0.465 e. The molecule has 0 aliphatic heterocycles. The van der Waals surface area contributed by atoms with Crippen LogP contribution >= 0.6 is 0 Å². The number of aliphatic hydroxyl groups is 1. The van der Waals surface area contributed by atoms with Crippen LogP contribution in [0.1, 0.15) is 33.4 Å². The van der Waals surface area contributed by atoms with E-state index in [1.807, 2.05) is 0 Å². The maximum absolute atomic E-state index is 11.3. The van der Waals surface area contributed by atoms with Crippen LogP contribution in [0.25, 0.3) is 0 Å². The van der Waals surface area contributed by atoms with Crippen molar-refractivity contribution in [1.82, 2.24) is 0 Å². The maximum atomic E-state index is 11.3. The SMILES string of the molecule is [2H]C([2H])([2H])OC[C@](O)(C#Cc1ccc(C(=O)OC)cc1)CC. The summed E-state index contributed by atoms with van der Waals surface area (Å²) >= 11 is 0. The number of carbonyl (C=O) groups excluding carboxylic acids is 1. The third kappa shape index (κ3) is 4.40. The van der Waals surface area contributed by atoms with Crippen LogP contribution in [0.5, 0.6) is 0 Å². The van der Waals surface area contributed by atoms with Crippen molar-refractivity contribution in [3.8, 4) is 11.8 Å². The number of ether oxygens (including phenoxy) is 2. The van der Waals surface area contributed by atoms with E-state index in [9.17, 15) is 9.90 Å². The van der Waals surface area contributed by atoms with Gasteiger partial charge in [0.25, 0.3) is 0 Å². The summed E-state index contributed by atoms with van der Waals surface area (Å²) in [6.07, 6.45) is 0.219. The number of hydrogen-bond donors (Lipinski definition) is 1. The fraction of sp³-hybridized carbons (Fsp3) is 0.400. The molecule has 1 aromatic carbocycles. The first kappa shape index (κ1) is 11.0. The molecule has 0 unspecified atom stereocenters. The van der Waals surface area contributed by atoms with Crippen LogP contribution in [-0.2, 0) is 9.47 Å². The first-order valence-corrected chi connectivity index (χ1v) is 5.77. The monoisotopic (exact) mass is 265 g/mol. The van der Waals surface area contributed by atoms with E-state index in [0.717, 1.165) is 0 Å². The molecule has 0 saturated heterocycles. The van der Waals surface area contributed by atoms with Crippen molar-refractivity contribution < 1.29 is 23.5 Å². The van der Waals surface area contributed by atoms with Gasteiger partial charge < -0.3 is 14.6 Å². The Balaban J connectivity index is 2.83. The van der Waals surface area contributed by atoms with Crippen LogP contribution in [0.4, 0.5) is 0 Å². The summed E-state index contributed by atoms with van der Waals surface area (Å²) < 4.78 is 30.1. The molecule has 0 spiro atoms. The Morgan fingerprint density at radius 2 is 2.16 bits per heavy atom. The van der Waals surface area contributed by atoms with E-state index in [-0.39, 0.29) is 6.42 Å². The Morgan fingerprint density at radius 1 is 1.47 bits per heavy atom. The highest BCUT2D eigenvalue weighted by molar-refractivity contribution is 5.89. The molecule has 19 heavy (non-hydrogen) atoms. The fourth-order valence-corrected chi connectivity index (χ4v) is 1.34. The molecular weight excluding hydrogens is 244 g/mol. The van der Waals surface area contributed by atoms with Crippen LogP contribution in [0.3, 0.4) is 0 Å². The van der Waals surface area contributed by atoms with Crippen LogP contribution in [-0.4, -0.2) is 37.4 Å². The highest BCUT2D eigenvalue weighted by Crippen LogP contribution is 2.10. The highest BCUT2D eigenvalue weighted by Gasteiger charge is 2.21. The molecule has 102 valence electrons. The average Bonchev–Trinajstić information content (AvgIpc) is 2.50. The van der Waals surface area contributed by atoms with Gasteiger partial charge in [0.15, 0.2) is 0 Å². The van der Waals surface area contributed by atoms with Gasteiger partial charge in [-0.15, -0.1) is 0 Å². The zero-order valence-electron chi connectivity index (χ0n) is 13.9. The van der Waals surface area contributed by atoms with Gasteiger partial charge in [-0.05, 0) is 30.7 Å². The maximum Gasteiger partial charge on any atom is 0.337 e. The van der Waals surface area contributed by atoms with Crippen LogP contribution < -0.4 is 0 Å². The Kier molecular flexibility index (Phi) is 4.03. The van der Waals surface area contributed by atoms with E-state index in [0.29, 0.717) is 11.1 Å². The molecule has 1 N–H and O–H groups in total. The van der Waals surface area contributed by atoms with Crippen molar-refractivity contribution in [3.63, 3.8) is 0 Å². The second kappa shape index (κ2) is 6.93. The summed E-state index contributed by atoms with van der Waals surface area (Å²) in [5.74, 6) is 4.90. The molecule has 0 aliphatic carbocycles. The Labute approximate surface area is 117 Å². The average molecular weight is 265 g/mol. The van der Waals surface area contributed by atoms with Gasteiger partial charge in [-0.1, -0.05) is 18.8 Å². The van der Waals surface area contributed by atoms with Gasteiger partial charge in [-0.2, -0.15) is 0 Å². The van der Waals surface area contributed by atoms with Gasteiger partial charge >= 0.3 is 5.97 Å². The van der Waals surface area contributed by atoms with Gasteiger partial charge in [0.1, 0.15) is 5.60 Å². The molecule has 4 nitrogen and oxygen atoms in total. The smallest absolute Gasteiger partial charge is 0.337 e. The molecule has 0 heterocycles. The number of benzene rings is 1. The Morgan fingerprint density at radius 3 is 2.68 bits per heavy atom. The lowest BCUT2D eigenvalue weighted by Crippen LogP contribution is -2.31. The number of hydrogen-bond acceptors (Lipinski definition) is 4. The summed E-state index contributed by atoms with van der Waals surface area (Å²) in [6.45, 7) is 1.27. The molecule has 0 radical (unpaired) electrons. The van der Waals surface area contributed by atoms with Crippen molar-refractivity contribution in [3.05, 3.63) is 35.4 Å². The third-order valence-electron chi connectivity index (χ3n) is 2.64. The molecule has 0 aliphatic rings. The first-order chi connectivity index (χ1) is 10.2. The standard InChI is InChI=1S/C15H18O4/c1-4-15(17,11-18-2)10-9-12-5-7-13(8-6-12)14(16)19-3/h5-8,17H,4,11H2,1-3H3/t15-/m1/s1/i2D3. The van der Waals surface area contributed by atoms with E-state index >= 15 is 0 Å². The topological polar surface area (TPSA) is 55.8 Å². The minimum Gasteiger partial charge on any atom is -0.465 e. The zero-order valence-corrected chi connectivity index (χ0v) is 10.9. The van der Waals surface area contributed by atoms with Crippen LogP contribution in [0.2, 0.25) is 0 Å². The number of esters is 1. The molecule has 0 fully saturated rings. The summed E-state index contributed by atoms with van der Waals surface area (Å²) in [4.78, 5) is 11.3. The predicted octanol–water partition coefficient (Wildman–Crippen LogP) is 1.61. The van der Waals surface area contributed by atoms with Gasteiger partial charge in [0.2, 0.25) is 0 Å². The lowest BCUT2D eigenvalue weighted by atomic mass is 10.0. The normalized spacial score (nSPS) is 16.1. The van der Waals surface area contributed by atoms with E-state index < -0.39 is 25.2 Å². The quantitative estimate of drug-likeness (QED) is 0.664. The van der Waals surface area contributed by atoms with Crippen LogP contribution in [0, 0.1) is 11.8 Å². The molecule has 1 aromatic rings. The van der Waals surface area contributed by atoms with Gasteiger partial charge in [-0.25, -0.2) is 4.79 Å². The molecular formula is C15H18O4. The van der Waals surface area contributed by atoms with Gasteiger partial charge in [-0.3, -0.25) is 0 Å². The van der Waals surface area contributed by atoms with E-state index in [4.69, 9.17) is 4.11 Å². The van der Waals surface area contributed by atoms with Crippen molar-refractivity contribution in [2.45, 2.75) is 18.9 Å². The minimum atomic E-state index is -2.58. The Hall–Kier alpha value is -1.83. The summed E-state index contributed by atoms with van der Waals surface area (Å²) in [5.41, 5.74) is -0.576. The second-order valence-electron chi connectivity index (χ2n) is 3.99. The summed E-state index contributed by atoms with van der Waals surface area (Å²) in [7, 11) is -1.28. The second-order valence-corrected chi connectivity index (χ2v) is 3.99. The van der Waals surface area contributed by atoms with Crippen molar-refractivity contribution in [2.24, 2.45) is 0 Å². The molecule has 1 rings (SSSR count). The van der Waals surface area contributed by atoms with E-state index in [1.165, 1.54) is 7.11 Å². The molecule has 0 amide bonds. The van der Waals surface area contributed by atoms with Crippen molar-refractivity contribution >= 4 is 5.97 Å². The van der Waals surface area contributed by atoms with Gasteiger partial charge in [0.05, 0.1) is 23.4 Å². The predicted molar refractivity (Wildman–Crippen MR) is 71.8 cm³/mol. The third-order valence-corrected chi connectivity index (χ3v) is 2.64. The summed E-state index contributed by atoms with van der Waals surface area (Å²) in [5, 5.41) is 10.2. The molecule has 0 saturated carbocycles. The zero-order chi connectivity index (χ0) is 16.8. The lowest BCUT2D eigenvalue weighted by molar-refractivity contribution is 0.0111. The van der Waals surface area contributed by atoms with Gasteiger partial charge in [0, 0.05) is 12.6 Å². The first-order valence-electron chi connectivity index (χ1n) is 7.27. The number of methoxy groups -OCH3 is 2. The number of carbonyl (C=O) groups is 1. The van der Waals surface area contributed by atoms with E-state index in [1.54, 1.807) is 31.2 Å². The highest BCUT2D eigenvalue weighted by atomic mass is 16.5. The molecule has 0 aromatic heterocycles. The van der Waals surface area contributed by atoms with E-state index in [2.05, 4.69) is 21.3 Å². The van der Waals surface area contributed by atoms with Crippen molar-refractivity contribution in [1.29, 1.82) is 0 Å². The summed E-state index contributed by atoms with van der Waals surface area (Å²) in [6, 6.07) is 6.33. The Bertz CT molecular complexity index is 569. The molecule has 0 bridgehead atoms. The fourth-order valence-electron chi connectivity index (χ4n) is 1.34. The number of rotatable bonds is 4. The van der Waals surface area contributed by atoms with Crippen molar-refractivity contribution in [2.75, 3.05) is 20.8 Å². The minimum absolute atomic E-state index is 0.219. The molecule has 4 heteroatoms. The molecule has 1 atom stereocenters.